The molecule has 74 valence electrons. The Morgan fingerprint density at radius 2 is 2.00 bits per heavy atom. The van der Waals surface area contributed by atoms with Gasteiger partial charge in [-0.3, -0.25) is 4.79 Å². The molecule has 0 amide bonds. The maximum atomic E-state index is 10.0. The zero-order valence-electron chi connectivity index (χ0n) is 8.43. The van der Waals surface area contributed by atoms with Crippen molar-refractivity contribution in [2.75, 3.05) is 13.2 Å². The van der Waals surface area contributed by atoms with Gasteiger partial charge in [-0.1, -0.05) is 20.8 Å². The molecule has 0 radical (unpaired) electrons. The van der Waals surface area contributed by atoms with Crippen molar-refractivity contribution >= 4 is 5.97 Å². The molecule has 0 spiro atoms. The minimum atomic E-state index is -0.0463. The highest BCUT2D eigenvalue weighted by Gasteiger charge is 2.08. The normalized spacial score (nSPS) is 13.5. The Kier molecular flexibility index (Phi) is 15.2. The van der Waals surface area contributed by atoms with Crippen molar-refractivity contribution in [1.29, 1.82) is 0 Å². The van der Waals surface area contributed by atoms with E-state index in [0.717, 1.165) is 19.4 Å². The van der Waals surface area contributed by atoms with E-state index >= 15 is 0 Å². The lowest BCUT2D eigenvalue weighted by Gasteiger charge is -1.81. The molecule has 0 aliphatic carbocycles. The van der Waals surface area contributed by atoms with Gasteiger partial charge in [-0.25, -0.2) is 0 Å². The predicted octanol–water partition coefficient (Wildman–Crippen LogP) is 1.70. The van der Waals surface area contributed by atoms with Gasteiger partial charge in [0.2, 0.25) is 0 Å². The zero-order valence-corrected chi connectivity index (χ0v) is 8.43. The summed E-state index contributed by atoms with van der Waals surface area (Å²) >= 11 is 0. The summed E-state index contributed by atoms with van der Waals surface area (Å²) in [5.74, 6) is -0.0463. The molecule has 12 heavy (non-hydrogen) atoms. The van der Waals surface area contributed by atoms with Crippen LogP contribution in [0.15, 0.2) is 0 Å². The summed E-state index contributed by atoms with van der Waals surface area (Å²) in [6, 6.07) is 0. The molecule has 0 aromatic carbocycles. The van der Waals surface area contributed by atoms with Gasteiger partial charge in [0.15, 0.2) is 0 Å². The maximum Gasteiger partial charge on any atom is 0.305 e. The third kappa shape index (κ3) is 12.1. The van der Waals surface area contributed by atoms with Crippen LogP contribution in [0.5, 0.6) is 0 Å². The fraction of sp³-hybridized carbons (Fsp3) is 0.889. The van der Waals surface area contributed by atoms with Gasteiger partial charge < -0.3 is 10.5 Å². The summed E-state index contributed by atoms with van der Waals surface area (Å²) in [7, 11) is 0. The number of rotatable bonds is 1. The Balaban J connectivity index is 0. The second kappa shape index (κ2) is 13.1. The van der Waals surface area contributed by atoms with Gasteiger partial charge in [0.25, 0.3) is 0 Å². The van der Waals surface area contributed by atoms with Gasteiger partial charge in [0, 0.05) is 6.42 Å². The van der Waals surface area contributed by atoms with Crippen molar-refractivity contribution in [3.8, 4) is 0 Å². The van der Waals surface area contributed by atoms with Crippen molar-refractivity contribution in [3.05, 3.63) is 0 Å². The average Bonchev–Trinajstić information content (AvgIpc) is 2.60. The monoisotopic (exact) mass is 175 g/mol. The molecule has 1 aliphatic rings. The van der Waals surface area contributed by atoms with Gasteiger partial charge in [-0.2, -0.15) is 0 Å². The Hall–Kier alpha value is -0.570. The Morgan fingerprint density at radius 1 is 1.50 bits per heavy atom. The first kappa shape index (κ1) is 14.0. The molecule has 1 fully saturated rings. The fourth-order valence-electron chi connectivity index (χ4n) is 0.475. The van der Waals surface area contributed by atoms with Crippen LogP contribution >= 0.6 is 0 Å². The number of carbonyl (C=O) groups is 1. The molecule has 0 unspecified atom stereocenters. The van der Waals surface area contributed by atoms with Gasteiger partial charge in [-0.05, 0) is 19.4 Å². The van der Waals surface area contributed by atoms with Crippen LogP contribution in [-0.2, 0) is 9.53 Å². The van der Waals surface area contributed by atoms with Crippen LogP contribution < -0.4 is 5.73 Å². The number of hydrogen-bond donors (Lipinski definition) is 1. The van der Waals surface area contributed by atoms with E-state index in [0.29, 0.717) is 13.0 Å². The molecule has 1 heterocycles. The summed E-state index contributed by atoms with van der Waals surface area (Å²) in [4.78, 5) is 10.0. The number of esters is 1. The number of cyclic esters (lactones) is 1. The van der Waals surface area contributed by atoms with E-state index in [4.69, 9.17) is 5.73 Å². The lowest BCUT2D eigenvalue weighted by atomic mass is 10.4. The first-order valence-corrected chi connectivity index (χ1v) is 4.67. The highest BCUT2D eigenvalue weighted by atomic mass is 16.5. The molecular weight excluding hydrogens is 154 g/mol. The first-order valence-electron chi connectivity index (χ1n) is 4.67. The van der Waals surface area contributed by atoms with E-state index in [1.165, 1.54) is 0 Å². The summed E-state index contributed by atoms with van der Waals surface area (Å²) in [6.45, 7) is 7.51. The molecule has 2 N–H and O–H groups in total. The fourth-order valence-corrected chi connectivity index (χ4v) is 0.475. The van der Waals surface area contributed by atoms with Gasteiger partial charge in [0.1, 0.15) is 0 Å². The minimum Gasteiger partial charge on any atom is -0.466 e. The van der Waals surface area contributed by atoms with Crippen LogP contribution in [0.1, 0.15) is 40.0 Å². The van der Waals surface area contributed by atoms with Crippen LogP contribution in [-0.4, -0.2) is 19.1 Å². The largest absolute Gasteiger partial charge is 0.466 e. The van der Waals surface area contributed by atoms with E-state index in [2.05, 4.69) is 11.7 Å². The van der Waals surface area contributed by atoms with Crippen LogP contribution in [0.3, 0.4) is 0 Å². The number of hydrogen-bond acceptors (Lipinski definition) is 3. The molecule has 3 heteroatoms. The topological polar surface area (TPSA) is 52.3 Å². The summed E-state index contributed by atoms with van der Waals surface area (Å²) in [6.07, 6.45) is 2.64. The lowest BCUT2D eigenvalue weighted by Crippen LogP contribution is -1.93. The Bertz CT molecular complexity index is 84.5. The predicted molar refractivity (Wildman–Crippen MR) is 50.9 cm³/mol. The van der Waals surface area contributed by atoms with Crippen molar-refractivity contribution in [2.24, 2.45) is 5.73 Å². The van der Waals surface area contributed by atoms with Gasteiger partial charge in [-0.15, -0.1) is 0 Å². The molecule has 0 saturated carbocycles. The summed E-state index contributed by atoms with van der Waals surface area (Å²) in [5.41, 5.74) is 5.03. The molecule has 0 aromatic rings. The van der Waals surface area contributed by atoms with Crippen LogP contribution in [0.2, 0.25) is 0 Å². The molecular formula is C9H21NO2. The van der Waals surface area contributed by atoms with Crippen LogP contribution in [0, 0.1) is 0 Å². The Labute approximate surface area is 75.3 Å². The maximum absolute atomic E-state index is 10.0. The molecule has 0 bridgehead atoms. The summed E-state index contributed by atoms with van der Waals surface area (Å²) in [5, 5.41) is 0. The molecule has 1 aliphatic heterocycles. The molecule has 1 rings (SSSR count). The third-order valence-corrected chi connectivity index (χ3v) is 1.08. The average molecular weight is 175 g/mol. The second-order valence-electron chi connectivity index (χ2n) is 2.11. The van der Waals surface area contributed by atoms with E-state index in [9.17, 15) is 4.79 Å². The molecule has 1 saturated heterocycles. The number of carbonyl (C=O) groups excluding carboxylic acids is 1. The highest BCUT2D eigenvalue weighted by molar-refractivity contribution is 5.70. The van der Waals surface area contributed by atoms with Crippen molar-refractivity contribution in [3.63, 3.8) is 0 Å². The quantitative estimate of drug-likeness (QED) is 0.617. The summed E-state index contributed by atoms with van der Waals surface area (Å²) < 4.78 is 4.51. The van der Waals surface area contributed by atoms with E-state index in [1.54, 1.807) is 0 Å². The van der Waals surface area contributed by atoms with Crippen molar-refractivity contribution < 1.29 is 9.53 Å². The third-order valence-electron chi connectivity index (χ3n) is 1.08. The van der Waals surface area contributed by atoms with Crippen molar-refractivity contribution in [2.45, 2.75) is 40.0 Å². The smallest absolute Gasteiger partial charge is 0.305 e. The molecule has 3 nitrogen and oxygen atoms in total. The standard InChI is InChI=1S/C4H6O2.C3H9N.C2H6/c5-4-2-1-3-6-4;1-2-3-4;1-2/h1-3H2;2-4H2,1H3;1-2H3. The van der Waals surface area contributed by atoms with E-state index in [-0.39, 0.29) is 5.97 Å². The van der Waals surface area contributed by atoms with Crippen molar-refractivity contribution in [1.82, 2.24) is 0 Å². The molecule has 0 atom stereocenters. The van der Waals surface area contributed by atoms with Crippen LogP contribution in [0.25, 0.3) is 0 Å². The minimum absolute atomic E-state index is 0.0463. The second-order valence-corrected chi connectivity index (χ2v) is 2.11. The molecule has 0 aromatic heterocycles. The van der Waals surface area contributed by atoms with E-state index < -0.39 is 0 Å². The lowest BCUT2D eigenvalue weighted by molar-refractivity contribution is -0.137. The number of ether oxygens (including phenoxy) is 1. The van der Waals surface area contributed by atoms with E-state index in [1.807, 2.05) is 13.8 Å². The van der Waals surface area contributed by atoms with Crippen LogP contribution in [0.4, 0.5) is 0 Å². The SMILES string of the molecule is CC.CCCN.O=C1CCCO1. The zero-order chi connectivity index (χ0) is 9.82. The first-order chi connectivity index (χ1) is 5.81. The van der Waals surface area contributed by atoms with Gasteiger partial charge >= 0.3 is 5.97 Å². The Morgan fingerprint density at radius 3 is 2.08 bits per heavy atom. The number of nitrogens with two attached hydrogens (primary N) is 1. The highest BCUT2D eigenvalue weighted by Crippen LogP contribution is 2.01. The van der Waals surface area contributed by atoms with Gasteiger partial charge in [0.05, 0.1) is 6.61 Å².